The van der Waals surface area contributed by atoms with Crippen LogP contribution in [0.25, 0.3) is 11.4 Å². The molecule has 0 spiro atoms. The molecule has 0 aliphatic heterocycles. The summed E-state index contributed by atoms with van der Waals surface area (Å²) in [5, 5.41) is 9.54. The molecule has 2 aromatic rings. The molecule has 0 aliphatic rings. The van der Waals surface area contributed by atoms with Gasteiger partial charge < -0.3 is 4.57 Å². The smallest absolute Gasteiger partial charge is 0.191 e. The molecule has 3 nitrogen and oxygen atoms in total. The average molecular weight is 296 g/mol. The van der Waals surface area contributed by atoms with Crippen LogP contribution in [0.15, 0.2) is 23.4 Å². The van der Waals surface area contributed by atoms with Crippen LogP contribution in [0.5, 0.6) is 0 Å². The Bertz CT molecular complexity index is 566. The summed E-state index contributed by atoms with van der Waals surface area (Å²) in [7, 11) is 2.01. The van der Waals surface area contributed by atoms with Crippen LogP contribution in [-0.4, -0.2) is 26.4 Å². The first-order valence-electron chi connectivity index (χ1n) is 6.30. The van der Waals surface area contributed by atoms with E-state index in [-0.39, 0.29) is 0 Å². The van der Waals surface area contributed by atoms with Crippen LogP contribution in [0.2, 0.25) is 0 Å². The second-order valence-corrected chi connectivity index (χ2v) is 5.94. The molecular formula is C14H18ClN3S. The molecule has 1 heterocycles. The van der Waals surface area contributed by atoms with Crippen LogP contribution in [-0.2, 0) is 7.05 Å². The molecule has 0 N–H and O–H groups in total. The summed E-state index contributed by atoms with van der Waals surface area (Å²) in [6, 6.07) is 6.28. The molecule has 0 atom stereocenters. The topological polar surface area (TPSA) is 30.7 Å². The average Bonchev–Trinajstić information content (AvgIpc) is 2.75. The van der Waals surface area contributed by atoms with Crippen LogP contribution >= 0.6 is 23.4 Å². The highest BCUT2D eigenvalue weighted by Crippen LogP contribution is 2.26. The zero-order valence-electron chi connectivity index (χ0n) is 11.5. The van der Waals surface area contributed by atoms with Gasteiger partial charge in [-0.3, -0.25) is 0 Å². The maximum atomic E-state index is 5.69. The van der Waals surface area contributed by atoms with Gasteiger partial charge in [0.15, 0.2) is 11.0 Å². The molecule has 0 amide bonds. The molecule has 2 rings (SSSR count). The van der Waals surface area contributed by atoms with Gasteiger partial charge in [-0.1, -0.05) is 30.0 Å². The number of hydrogen-bond donors (Lipinski definition) is 0. The molecule has 0 radical (unpaired) electrons. The number of alkyl halides is 1. The Morgan fingerprint density at radius 2 is 2.05 bits per heavy atom. The first-order chi connectivity index (χ1) is 9.15. The number of benzene rings is 1. The molecule has 0 saturated carbocycles. The van der Waals surface area contributed by atoms with Gasteiger partial charge in [0.05, 0.1) is 0 Å². The molecule has 0 unspecified atom stereocenters. The van der Waals surface area contributed by atoms with Crippen molar-refractivity contribution in [3.05, 3.63) is 29.3 Å². The van der Waals surface area contributed by atoms with Crippen molar-refractivity contribution in [2.75, 3.05) is 11.6 Å². The summed E-state index contributed by atoms with van der Waals surface area (Å²) in [6.07, 6.45) is 0.984. The van der Waals surface area contributed by atoms with E-state index in [9.17, 15) is 0 Å². The Balaban J connectivity index is 2.28. The quantitative estimate of drug-likeness (QED) is 0.477. The lowest BCUT2D eigenvalue weighted by Crippen LogP contribution is -1.97. The minimum absolute atomic E-state index is 0.689. The van der Waals surface area contributed by atoms with E-state index < -0.39 is 0 Å². The lowest BCUT2D eigenvalue weighted by Gasteiger charge is -2.08. The van der Waals surface area contributed by atoms with Crippen molar-refractivity contribution in [1.82, 2.24) is 14.8 Å². The van der Waals surface area contributed by atoms with Gasteiger partial charge >= 0.3 is 0 Å². The highest BCUT2D eigenvalue weighted by molar-refractivity contribution is 7.99. The molecule has 102 valence electrons. The monoisotopic (exact) mass is 295 g/mol. The van der Waals surface area contributed by atoms with E-state index in [0.717, 1.165) is 28.7 Å². The summed E-state index contributed by atoms with van der Waals surface area (Å²) in [5.41, 5.74) is 3.69. The highest BCUT2D eigenvalue weighted by Gasteiger charge is 2.13. The van der Waals surface area contributed by atoms with E-state index in [1.54, 1.807) is 11.8 Å². The Morgan fingerprint density at radius 1 is 1.26 bits per heavy atom. The van der Waals surface area contributed by atoms with Crippen molar-refractivity contribution < 1.29 is 0 Å². The van der Waals surface area contributed by atoms with Crippen LogP contribution in [0.3, 0.4) is 0 Å². The summed E-state index contributed by atoms with van der Waals surface area (Å²) < 4.78 is 2.06. The molecule has 0 fully saturated rings. The molecule has 0 saturated heterocycles. The van der Waals surface area contributed by atoms with Gasteiger partial charge in [0.2, 0.25) is 0 Å². The van der Waals surface area contributed by atoms with Gasteiger partial charge in [-0.05, 0) is 31.4 Å². The second kappa shape index (κ2) is 6.44. The van der Waals surface area contributed by atoms with E-state index >= 15 is 0 Å². The predicted octanol–water partition coefficient (Wildman–Crippen LogP) is 3.82. The summed E-state index contributed by atoms with van der Waals surface area (Å²) in [5.74, 6) is 2.59. The fraction of sp³-hybridized carbons (Fsp3) is 0.429. The summed E-state index contributed by atoms with van der Waals surface area (Å²) >= 11 is 7.39. The fourth-order valence-electron chi connectivity index (χ4n) is 1.89. The van der Waals surface area contributed by atoms with Crippen molar-refractivity contribution in [2.45, 2.75) is 25.4 Å². The van der Waals surface area contributed by atoms with E-state index in [1.807, 2.05) is 7.05 Å². The third-order valence-electron chi connectivity index (χ3n) is 3.19. The van der Waals surface area contributed by atoms with Crippen LogP contribution in [0, 0.1) is 13.8 Å². The van der Waals surface area contributed by atoms with Crippen molar-refractivity contribution in [3.8, 4) is 11.4 Å². The van der Waals surface area contributed by atoms with Gasteiger partial charge in [0, 0.05) is 24.2 Å². The standard InChI is InChI=1S/C14H18ClN3S/c1-10-6-4-7-12(11(10)2)13-16-17-14(18(13)3)19-9-5-8-15/h4,6-7H,5,8-9H2,1-3H3. The second-order valence-electron chi connectivity index (χ2n) is 4.50. The molecule has 1 aromatic heterocycles. The molecule has 1 aromatic carbocycles. The SMILES string of the molecule is Cc1cccc(-c2nnc(SCCCCl)n2C)c1C. The number of hydrogen-bond acceptors (Lipinski definition) is 3. The summed E-state index contributed by atoms with van der Waals surface area (Å²) in [4.78, 5) is 0. The van der Waals surface area contributed by atoms with Crippen LogP contribution in [0.1, 0.15) is 17.5 Å². The van der Waals surface area contributed by atoms with Crippen molar-refractivity contribution >= 4 is 23.4 Å². The number of aryl methyl sites for hydroxylation is 1. The molecule has 19 heavy (non-hydrogen) atoms. The van der Waals surface area contributed by atoms with Gasteiger partial charge in [0.1, 0.15) is 0 Å². The van der Waals surface area contributed by atoms with E-state index in [1.165, 1.54) is 11.1 Å². The minimum atomic E-state index is 0.689. The number of aromatic nitrogens is 3. The van der Waals surface area contributed by atoms with Gasteiger partial charge in [-0.2, -0.15) is 0 Å². The Kier molecular flexibility index (Phi) is 4.88. The van der Waals surface area contributed by atoms with Crippen molar-refractivity contribution in [3.63, 3.8) is 0 Å². The third-order valence-corrected chi connectivity index (χ3v) is 4.56. The Hall–Kier alpha value is -1.00. The maximum absolute atomic E-state index is 5.69. The van der Waals surface area contributed by atoms with E-state index in [0.29, 0.717) is 5.88 Å². The van der Waals surface area contributed by atoms with E-state index in [4.69, 9.17) is 11.6 Å². The molecule has 0 aliphatic carbocycles. The first-order valence-corrected chi connectivity index (χ1v) is 7.82. The molecule has 5 heteroatoms. The van der Waals surface area contributed by atoms with Gasteiger partial charge in [0.25, 0.3) is 0 Å². The number of thioether (sulfide) groups is 1. The lowest BCUT2D eigenvalue weighted by molar-refractivity contribution is 0.792. The van der Waals surface area contributed by atoms with Crippen molar-refractivity contribution in [2.24, 2.45) is 7.05 Å². The number of nitrogens with zero attached hydrogens (tertiary/aromatic N) is 3. The van der Waals surface area contributed by atoms with Crippen LogP contribution in [0.4, 0.5) is 0 Å². The molecule has 0 bridgehead atoms. The maximum Gasteiger partial charge on any atom is 0.191 e. The third kappa shape index (κ3) is 3.12. The zero-order valence-corrected chi connectivity index (χ0v) is 13.1. The number of rotatable bonds is 5. The normalized spacial score (nSPS) is 10.9. The fourth-order valence-corrected chi connectivity index (χ4v) is 3.03. The highest BCUT2D eigenvalue weighted by atomic mass is 35.5. The largest absolute Gasteiger partial charge is 0.305 e. The summed E-state index contributed by atoms with van der Waals surface area (Å²) in [6.45, 7) is 4.24. The number of halogens is 1. The van der Waals surface area contributed by atoms with E-state index in [2.05, 4.69) is 46.8 Å². The predicted molar refractivity (Wildman–Crippen MR) is 82.0 cm³/mol. The zero-order chi connectivity index (χ0) is 13.8. The van der Waals surface area contributed by atoms with Gasteiger partial charge in [-0.15, -0.1) is 21.8 Å². The molecular weight excluding hydrogens is 278 g/mol. The van der Waals surface area contributed by atoms with Crippen molar-refractivity contribution in [1.29, 1.82) is 0 Å². The lowest BCUT2D eigenvalue weighted by atomic mass is 10.0. The van der Waals surface area contributed by atoms with Crippen LogP contribution < -0.4 is 0 Å². The first kappa shape index (κ1) is 14.4. The Morgan fingerprint density at radius 3 is 2.79 bits per heavy atom. The minimum Gasteiger partial charge on any atom is -0.305 e. The van der Waals surface area contributed by atoms with Gasteiger partial charge in [-0.25, -0.2) is 0 Å². The Labute approximate surface area is 123 Å².